The van der Waals surface area contributed by atoms with E-state index in [0.717, 1.165) is 30.9 Å². The molecule has 3 heterocycles. The summed E-state index contributed by atoms with van der Waals surface area (Å²) in [7, 11) is 0. The van der Waals surface area contributed by atoms with E-state index in [1.807, 2.05) is 6.21 Å². The largest absolute Gasteiger partial charge is 0.323 e. The Morgan fingerprint density at radius 1 is 1.38 bits per heavy atom. The van der Waals surface area contributed by atoms with Crippen molar-refractivity contribution in [1.82, 2.24) is 10.3 Å². The van der Waals surface area contributed by atoms with Gasteiger partial charge in [0.05, 0.1) is 17.3 Å². The third-order valence-corrected chi connectivity index (χ3v) is 3.10. The molecule has 2 aliphatic rings. The van der Waals surface area contributed by atoms with E-state index in [0.29, 0.717) is 0 Å². The summed E-state index contributed by atoms with van der Waals surface area (Å²) in [5, 5.41) is 3.28. The number of aromatic amines is 1. The molecule has 0 saturated carbocycles. The first-order valence-corrected chi connectivity index (χ1v) is 5.51. The molecule has 4 heteroatoms. The highest BCUT2D eigenvalue weighted by molar-refractivity contribution is 5.82. The van der Waals surface area contributed by atoms with Crippen LogP contribution in [-0.4, -0.2) is 24.3 Å². The number of aliphatic imine (C=N–C) groups is 1. The van der Waals surface area contributed by atoms with Crippen LogP contribution in [0.5, 0.6) is 0 Å². The Morgan fingerprint density at radius 3 is 3.12 bits per heavy atom. The van der Waals surface area contributed by atoms with Crippen LogP contribution in [0.2, 0.25) is 0 Å². The van der Waals surface area contributed by atoms with Crippen LogP contribution in [0.4, 0.5) is 5.69 Å². The summed E-state index contributed by atoms with van der Waals surface area (Å²) < 4.78 is 0. The van der Waals surface area contributed by atoms with Crippen molar-refractivity contribution < 1.29 is 0 Å². The topological polar surface area (TPSA) is 57.2 Å². The zero-order valence-corrected chi connectivity index (χ0v) is 8.86. The first-order chi connectivity index (χ1) is 7.84. The highest BCUT2D eigenvalue weighted by Gasteiger charge is 2.23. The van der Waals surface area contributed by atoms with E-state index in [-0.39, 0.29) is 11.5 Å². The Balaban J connectivity index is 2.02. The molecule has 82 valence electrons. The Labute approximate surface area is 93.1 Å². The quantitative estimate of drug-likeness (QED) is 0.689. The lowest BCUT2D eigenvalue weighted by Crippen LogP contribution is -2.23. The number of aromatic nitrogens is 1. The van der Waals surface area contributed by atoms with Crippen molar-refractivity contribution in [2.24, 2.45) is 4.99 Å². The first-order valence-electron chi connectivity index (χ1n) is 5.51. The number of H-pyrrole nitrogens is 1. The number of fused-ring (bicyclic) bond motifs is 1. The maximum atomic E-state index is 11.3. The van der Waals surface area contributed by atoms with Gasteiger partial charge in [-0.3, -0.25) is 9.79 Å². The molecule has 4 nitrogen and oxygen atoms in total. The molecule has 0 aromatic carbocycles. The fraction of sp³-hybridized carbons (Fsp3) is 0.333. The van der Waals surface area contributed by atoms with Crippen LogP contribution < -0.4 is 10.9 Å². The average molecular weight is 215 g/mol. The van der Waals surface area contributed by atoms with Gasteiger partial charge in [-0.25, -0.2) is 0 Å². The second-order valence-corrected chi connectivity index (χ2v) is 4.11. The van der Waals surface area contributed by atoms with Gasteiger partial charge >= 0.3 is 0 Å². The summed E-state index contributed by atoms with van der Waals surface area (Å²) in [5.41, 5.74) is 3.14. The molecule has 2 N–H and O–H groups in total. The lowest BCUT2D eigenvalue weighted by molar-refractivity contribution is 0.683. The Hall–Kier alpha value is -1.68. The van der Waals surface area contributed by atoms with Crippen molar-refractivity contribution in [1.29, 1.82) is 0 Å². The van der Waals surface area contributed by atoms with Crippen LogP contribution in [-0.2, 0) is 0 Å². The molecule has 0 bridgehead atoms. The number of rotatable bonds is 1. The summed E-state index contributed by atoms with van der Waals surface area (Å²) in [6.45, 7) is 1.91. The third kappa shape index (κ3) is 1.51. The number of hydrogen-bond donors (Lipinski definition) is 2. The van der Waals surface area contributed by atoms with Crippen molar-refractivity contribution in [3.05, 3.63) is 39.8 Å². The van der Waals surface area contributed by atoms with Crippen LogP contribution >= 0.6 is 0 Å². The van der Waals surface area contributed by atoms with E-state index < -0.39 is 0 Å². The van der Waals surface area contributed by atoms with E-state index in [9.17, 15) is 4.79 Å². The van der Waals surface area contributed by atoms with Gasteiger partial charge in [0, 0.05) is 18.8 Å². The van der Waals surface area contributed by atoms with Gasteiger partial charge in [0.15, 0.2) is 0 Å². The van der Waals surface area contributed by atoms with E-state index in [1.165, 1.54) is 11.6 Å². The molecule has 0 amide bonds. The molecule has 2 aliphatic heterocycles. The molecule has 0 radical (unpaired) electrons. The van der Waals surface area contributed by atoms with Crippen molar-refractivity contribution >= 4 is 11.9 Å². The zero-order chi connectivity index (χ0) is 11.0. The van der Waals surface area contributed by atoms with Crippen LogP contribution in [0.15, 0.2) is 33.6 Å². The number of hydrogen-bond acceptors (Lipinski definition) is 3. The van der Waals surface area contributed by atoms with E-state index in [1.54, 1.807) is 6.07 Å². The predicted molar refractivity (Wildman–Crippen MR) is 63.5 cm³/mol. The molecule has 1 unspecified atom stereocenters. The van der Waals surface area contributed by atoms with E-state index in [2.05, 4.69) is 21.4 Å². The van der Waals surface area contributed by atoms with E-state index in [4.69, 9.17) is 0 Å². The van der Waals surface area contributed by atoms with Gasteiger partial charge in [-0.2, -0.15) is 0 Å². The number of pyridine rings is 1. The molecule has 1 aromatic heterocycles. The molecular formula is C12H13N3O. The van der Waals surface area contributed by atoms with Crippen molar-refractivity contribution in [3.63, 3.8) is 0 Å². The molecule has 0 saturated heterocycles. The molecule has 3 rings (SSSR count). The molecule has 0 aliphatic carbocycles. The van der Waals surface area contributed by atoms with Crippen LogP contribution in [0.1, 0.15) is 18.0 Å². The lowest BCUT2D eigenvalue weighted by atomic mass is 9.92. The van der Waals surface area contributed by atoms with Gasteiger partial charge in [0.2, 0.25) is 5.56 Å². The van der Waals surface area contributed by atoms with Crippen molar-refractivity contribution in [2.75, 3.05) is 13.1 Å². The fourth-order valence-electron chi connectivity index (χ4n) is 2.27. The van der Waals surface area contributed by atoms with Gasteiger partial charge in [0.1, 0.15) is 0 Å². The highest BCUT2D eigenvalue weighted by Crippen LogP contribution is 2.35. The Bertz CT molecular complexity index is 527. The Kier molecular flexibility index (Phi) is 2.22. The standard InChI is InChI=1S/C12H13N3O/c16-11-2-1-10-12(15-11)9(7-14-10)8-3-5-13-6-4-8/h1-3,7,9,13H,4-6H2,(H,15,16). The predicted octanol–water partition coefficient (Wildman–Crippen LogP) is 1.09. The molecule has 0 fully saturated rings. The number of nitrogens with one attached hydrogen (secondary N) is 2. The van der Waals surface area contributed by atoms with Crippen LogP contribution in [0.25, 0.3) is 0 Å². The highest BCUT2D eigenvalue weighted by atomic mass is 16.1. The molecule has 16 heavy (non-hydrogen) atoms. The maximum Gasteiger partial charge on any atom is 0.248 e. The first kappa shape index (κ1) is 9.54. The minimum Gasteiger partial charge on any atom is -0.323 e. The average Bonchev–Trinajstić information content (AvgIpc) is 2.73. The summed E-state index contributed by atoms with van der Waals surface area (Å²) >= 11 is 0. The summed E-state index contributed by atoms with van der Waals surface area (Å²) in [6, 6.07) is 3.31. The van der Waals surface area contributed by atoms with Gasteiger partial charge in [-0.05, 0) is 19.0 Å². The summed E-state index contributed by atoms with van der Waals surface area (Å²) in [4.78, 5) is 18.5. The van der Waals surface area contributed by atoms with Gasteiger partial charge in [-0.15, -0.1) is 0 Å². The van der Waals surface area contributed by atoms with Crippen LogP contribution in [0.3, 0.4) is 0 Å². The van der Waals surface area contributed by atoms with Crippen molar-refractivity contribution in [2.45, 2.75) is 12.3 Å². The van der Waals surface area contributed by atoms with Crippen molar-refractivity contribution in [3.8, 4) is 0 Å². The van der Waals surface area contributed by atoms with Gasteiger partial charge in [-0.1, -0.05) is 11.6 Å². The van der Waals surface area contributed by atoms with Gasteiger partial charge in [0.25, 0.3) is 0 Å². The monoisotopic (exact) mass is 215 g/mol. The van der Waals surface area contributed by atoms with Gasteiger partial charge < -0.3 is 10.3 Å². The third-order valence-electron chi connectivity index (χ3n) is 3.10. The molecular weight excluding hydrogens is 202 g/mol. The Morgan fingerprint density at radius 2 is 2.31 bits per heavy atom. The smallest absolute Gasteiger partial charge is 0.248 e. The maximum absolute atomic E-state index is 11.3. The second kappa shape index (κ2) is 3.72. The fourth-order valence-corrected chi connectivity index (χ4v) is 2.27. The lowest BCUT2D eigenvalue weighted by Gasteiger charge is -2.18. The molecule has 1 atom stereocenters. The zero-order valence-electron chi connectivity index (χ0n) is 8.86. The minimum absolute atomic E-state index is 0.0521. The molecule has 1 aromatic rings. The summed E-state index contributed by atoms with van der Waals surface area (Å²) in [6.07, 6.45) is 5.14. The second-order valence-electron chi connectivity index (χ2n) is 4.11. The van der Waals surface area contributed by atoms with E-state index >= 15 is 0 Å². The minimum atomic E-state index is -0.0521. The SMILES string of the molecule is O=c1ccc2c([nH]1)C(C1=CCNCC1)C=N2. The normalized spacial score (nSPS) is 23.0. The van der Waals surface area contributed by atoms with Crippen LogP contribution in [0, 0.1) is 0 Å². The number of nitrogens with zero attached hydrogens (tertiary/aromatic N) is 1. The summed E-state index contributed by atoms with van der Waals surface area (Å²) in [5.74, 6) is 0.172. The molecule has 0 spiro atoms.